The Bertz CT molecular complexity index is 505. The van der Waals surface area contributed by atoms with Gasteiger partial charge in [0.1, 0.15) is 0 Å². The number of hydrogen-bond donors (Lipinski definition) is 1. The molecule has 3 nitrogen and oxygen atoms in total. The van der Waals surface area contributed by atoms with E-state index in [1.165, 1.54) is 11.3 Å². The fraction of sp³-hybridized carbons (Fsp3) is 0.308. The Morgan fingerprint density at radius 3 is 3.00 bits per heavy atom. The van der Waals surface area contributed by atoms with Gasteiger partial charge in [-0.05, 0) is 31.5 Å². The van der Waals surface area contributed by atoms with Crippen LogP contribution in [0.3, 0.4) is 0 Å². The number of aryl methyl sites for hydroxylation is 2. The van der Waals surface area contributed by atoms with Crippen molar-refractivity contribution < 1.29 is 0 Å². The number of benzene rings is 1. The first-order chi connectivity index (χ1) is 8.20. The van der Waals surface area contributed by atoms with Gasteiger partial charge in [-0.1, -0.05) is 17.7 Å². The summed E-state index contributed by atoms with van der Waals surface area (Å²) in [6.45, 7) is 5.87. The minimum atomic E-state index is 0.752. The zero-order valence-corrected chi connectivity index (χ0v) is 10.8. The minimum Gasteiger partial charge on any atom is -0.379 e. The molecule has 0 aliphatic rings. The molecule has 4 heteroatoms. The maximum atomic E-state index is 5.98. The van der Waals surface area contributed by atoms with Crippen molar-refractivity contribution in [3.05, 3.63) is 47.0 Å². The third kappa shape index (κ3) is 2.80. The lowest BCUT2D eigenvalue weighted by Crippen LogP contribution is -2.06. The predicted octanol–water partition coefficient (Wildman–Crippen LogP) is 3.48. The summed E-state index contributed by atoms with van der Waals surface area (Å²) < 4.78 is 2.12. The van der Waals surface area contributed by atoms with Gasteiger partial charge in [0.25, 0.3) is 0 Å². The van der Waals surface area contributed by atoms with Crippen LogP contribution in [0.4, 0.5) is 5.69 Å². The predicted molar refractivity (Wildman–Crippen MR) is 71.4 cm³/mol. The van der Waals surface area contributed by atoms with Crippen LogP contribution >= 0.6 is 11.6 Å². The third-order valence-electron chi connectivity index (χ3n) is 2.80. The van der Waals surface area contributed by atoms with E-state index in [-0.39, 0.29) is 0 Å². The van der Waals surface area contributed by atoms with Gasteiger partial charge in [0.15, 0.2) is 0 Å². The number of rotatable bonds is 4. The van der Waals surface area contributed by atoms with Crippen LogP contribution < -0.4 is 5.32 Å². The maximum Gasteiger partial charge on any atom is 0.0948 e. The van der Waals surface area contributed by atoms with Gasteiger partial charge >= 0.3 is 0 Å². The highest BCUT2D eigenvalue weighted by atomic mass is 35.5. The molecule has 0 radical (unpaired) electrons. The summed E-state index contributed by atoms with van der Waals surface area (Å²) in [6.07, 6.45) is 3.73. The molecule has 90 valence electrons. The SMILES string of the molecule is CCn1cncc1CNc1cc(Cl)ccc1C. The molecule has 2 aromatic rings. The second-order valence-electron chi connectivity index (χ2n) is 3.98. The zero-order chi connectivity index (χ0) is 12.3. The van der Waals surface area contributed by atoms with Crippen molar-refractivity contribution in [3.8, 4) is 0 Å². The molecule has 0 atom stereocenters. The van der Waals surface area contributed by atoms with E-state index in [4.69, 9.17) is 11.6 Å². The first kappa shape index (κ1) is 12.0. The van der Waals surface area contributed by atoms with E-state index in [0.717, 1.165) is 23.8 Å². The van der Waals surface area contributed by atoms with Crippen LogP contribution in [0.2, 0.25) is 5.02 Å². The van der Waals surface area contributed by atoms with Crippen molar-refractivity contribution in [1.82, 2.24) is 9.55 Å². The van der Waals surface area contributed by atoms with Crippen LogP contribution in [0.5, 0.6) is 0 Å². The standard InChI is InChI=1S/C13H16ClN3/c1-3-17-9-15-7-12(17)8-16-13-6-11(14)5-4-10(13)2/h4-7,9,16H,3,8H2,1-2H3. The number of anilines is 1. The van der Waals surface area contributed by atoms with Gasteiger partial charge in [-0.25, -0.2) is 4.98 Å². The van der Waals surface area contributed by atoms with E-state index in [2.05, 4.69) is 28.7 Å². The Kier molecular flexibility index (Phi) is 3.69. The first-order valence-corrected chi connectivity index (χ1v) is 6.07. The van der Waals surface area contributed by atoms with Crippen molar-refractivity contribution in [2.75, 3.05) is 5.32 Å². The second kappa shape index (κ2) is 5.23. The largest absolute Gasteiger partial charge is 0.379 e. The number of nitrogens with one attached hydrogen (secondary N) is 1. The molecule has 1 aromatic carbocycles. The molecule has 1 N–H and O–H groups in total. The van der Waals surface area contributed by atoms with E-state index in [1.54, 1.807) is 0 Å². The molecular weight excluding hydrogens is 234 g/mol. The number of aromatic nitrogens is 2. The molecule has 1 heterocycles. The van der Waals surface area contributed by atoms with E-state index >= 15 is 0 Å². The lowest BCUT2D eigenvalue weighted by Gasteiger charge is -2.11. The zero-order valence-electron chi connectivity index (χ0n) is 10.1. The van der Waals surface area contributed by atoms with E-state index in [9.17, 15) is 0 Å². The highest BCUT2D eigenvalue weighted by Crippen LogP contribution is 2.20. The Morgan fingerprint density at radius 2 is 2.24 bits per heavy atom. The van der Waals surface area contributed by atoms with Crippen molar-refractivity contribution in [2.24, 2.45) is 0 Å². The highest BCUT2D eigenvalue weighted by molar-refractivity contribution is 6.30. The van der Waals surface area contributed by atoms with E-state index in [0.29, 0.717) is 0 Å². The summed E-state index contributed by atoms with van der Waals surface area (Å²) in [5.41, 5.74) is 3.44. The summed E-state index contributed by atoms with van der Waals surface area (Å²) >= 11 is 5.98. The minimum absolute atomic E-state index is 0.752. The van der Waals surface area contributed by atoms with Crippen LogP contribution in [0.25, 0.3) is 0 Å². The van der Waals surface area contributed by atoms with Crippen LogP contribution in [-0.2, 0) is 13.1 Å². The molecule has 2 rings (SSSR count). The summed E-state index contributed by atoms with van der Waals surface area (Å²) in [7, 11) is 0. The molecule has 0 amide bonds. The smallest absolute Gasteiger partial charge is 0.0948 e. The second-order valence-corrected chi connectivity index (χ2v) is 4.42. The van der Waals surface area contributed by atoms with Gasteiger partial charge in [0.05, 0.1) is 18.6 Å². The molecular formula is C13H16ClN3. The number of imidazole rings is 1. The topological polar surface area (TPSA) is 29.9 Å². The quantitative estimate of drug-likeness (QED) is 0.899. The van der Waals surface area contributed by atoms with Gasteiger partial charge in [-0.2, -0.15) is 0 Å². The Morgan fingerprint density at radius 1 is 1.41 bits per heavy atom. The van der Waals surface area contributed by atoms with Crippen LogP contribution in [0.1, 0.15) is 18.2 Å². The summed E-state index contributed by atoms with van der Waals surface area (Å²) in [4.78, 5) is 4.14. The lowest BCUT2D eigenvalue weighted by atomic mass is 10.2. The number of nitrogens with zero attached hydrogens (tertiary/aromatic N) is 2. The highest BCUT2D eigenvalue weighted by Gasteiger charge is 2.02. The van der Waals surface area contributed by atoms with Crippen molar-refractivity contribution in [3.63, 3.8) is 0 Å². The fourth-order valence-electron chi connectivity index (χ4n) is 1.75. The molecule has 0 spiro atoms. The van der Waals surface area contributed by atoms with Crippen LogP contribution in [0, 0.1) is 6.92 Å². The van der Waals surface area contributed by atoms with E-state index in [1.807, 2.05) is 30.7 Å². The van der Waals surface area contributed by atoms with Crippen molar-refractivity contribution in [2.45, 2.75) is 26.9 Å². The molecule has 17 heavy (non-hydrogen) atoms. The fourth-order valence-corrected chi connectivity index (χ4v) is 1.92. The molecule has 0 saturated carbocycles. The lowest BCUT2D eigenvalue weighted by molar-refractivity contribution is 0.719. The monoisotopic (exact) mass is 249 g/mol. The number of hydrogen-bond acceptors (Lipinski definition) is 2. The number of halogens is 1. The maximum absolute atomic E-state index is 5.98. The summed E-state index contributed by atoms with van der Waals surface area (Å²) in [5, 5.41) is 4.14. The van der Waals surface area contributed by atoms with Gasteiger partial charge in [-0.15, -0.1) is 0 Å². The molecule has 0 fully saturated rings. The molecule has 0 aliphatic heterocycles. The summed E-state index contributed by atoms with van der Waals surface area (Å²) in [6, 6.07) is 5.86. The Labute approximate surface area is 106 Å². The molecule has 0 aliphatic carbocycles. The van der Waals surface area contributed by atoms with Crippen LogP contribution in [0.15, 0.2) is 30.7 Å². The summed E-state index contributed by atoms with van der Waals surface area (Å²) in [5.74, 6) is 0. The Hall–Kier alpha value is -1.48. The molecule has 0 unspecified atom stereocenters. The van der Waals surface area contributed by atoms with Gasteiger partial charge in [-0.3, -0.25) is 0 Å². The molecule has 0 saturated heterocycles. The van der Waals surface area contributed by atoms with Gasteiger partial charge < -0.3 is 9.88 Å². The Balaban J connectivity index is 2.09. The normalized spacial score (nSPS) is 10.5. The average molecular weight is 250 g/mol. The molecule has 1 aromatic heterocycles. The molecule has 0 bridgehead atoms. The van der Waals surface area contributed by atoms with Gasteiger partial charge in [0, 0.05) is 23.5 Å². The average Bonchev–Trinajstić information content (AvgIpc) is 2.77. The first-order valence-electron chi connectivity index (χ1n) is 5.69. The van der Waals surface area contributed by atoms with E-state index < -0.39 is 0 Å². The van der Waals surface area contributed by atoms with Crippen LogP contribution in [-0.4, -0.2) is 9.55 Å². The third-order valence-corrected chi connectivity index (χ3v) is 3.03. The van der Waals surface area contributed by atoms with Crippen molar-refractivity contribution >= 4 is 17.3 Å². The van der Waals surface area contributed by atoms with Crippen molar-refractivity contribution in [1.29, 1.82) is 0 Å². The van der Waals surface area contributed by atoms with Gasteiger partial charge in [0.2, 0.25) is 0 Å².